The number of nitrogens with two attached hydrogens (primary N) is 1. The largest absolute Gasteiger partial charge is 0.445 e. The Morgan fingerprint density at radius 3 is 2.80 bits per heavy atom. The van der Waals surface area contributed by atoms with Crippen LogP contribution in [0.25, 0.3) is 0 Å². The zero-order valence-electron chi connectivity index (χ0n) is 9.42. The summed E-state index contributed by atoms with van der Waals surface area (Å²) in [6.45, 7) is 4.49. The Balaban J connectivity index is 1.98. The van der Waals surface area contributed by atoms with Gasteiger partial charge in [0.25, 0.3) is 0 Å². The summed E-state index contributed by atoms with van der Waals surface area (Å²) in [5.74, 6) is 2.57. The van der Waals surface area contributed by atoms with Crippen LogP contribution < -0.4 is 5.73 Å². The van der Waals surface area contributed by atoms with Crippen LogP contribution in [-0.4, -0.2) is 4.98 Å². The van der Waals surface area contributed by atoms with E-state index in [2.05, 4.69) is 18.8 Å². The van der Waals surface area contributed by atoms with Crippen molar-refractivity contribution in [1.82, 2.24) is 4.98 Å². The second-order valence-electron chi connectivity index (χ2n) is 5.79. The van der Waals surface area contributed by atoms with Crippen LogP contribution in [0.15, 0.2) is 4.42 Å². The van der Waals surface area contributed by atoms with Crippen LogP contribution in [0.1, 0.15) is 62.4 Å². The molecular formula is C12H18N2O. The Bertz CT molecular complexity index is 390. The summed E-state index contributed by atoms with van der Waals surface area (Å²) < 4.78 is 5.84. The molecular weight excluding hydrogens is 188 g/mol. The third-order valence-electron chi connectivity index (χ3n) is 3.43. The lowest BCUT2D eigenvalue weighted by Gasteiger charge is -2.31. The van der Waals surface area contributed by atoms with Gasteiger partial charge in [0.15, 0.2) is 5.89 Å². The maximum atomic E-state index is 6.13. The van der Waals surface area contributed by atoms with E-state index in [1.54, 1.807) is 0 Å². The number of hydrogen-bond donors (Lipinski definition) is 1. The van der Waals surface area contributed by atoms with Crippen molar-refractivity contribution in [2.75, 3.05) is 0 Å². The van der Waals surface area contributed by atoms with Crippen molar-refractivity contribution in [3.05, 3.63) is 17.3 Å². The molecule has 0 aliphatic heterocycles. The van der Waals surface area contributed by atoms with Gasteiger partial charge < -0.3 is 10.2 Å². The molecule has 1 unspecified atom stereocenters. The highest BCUT2D eigenvalue weighted by molar-refractivity contribution is 5.22. The van der Waals surface area contributed by atoms with E-state index in [4.69, 9.17) is 10.2 Å². The van der Waals surface area contributed by atoms with Crippen LogP contribution >= 0.6 is 0 Å². The molecule has 3 heteroatoms. The van der Waals surface area contributed by atoms with Gasteiger partial charge in [-0.2, -0.15) is 0 Å². The van der Waals surface area contributed by atoms with Crippen molar-refractivity contribution in [1.29, 1.82) is 0 Å². The molecule has 0 saturated heterocycles. The number of oxazole rings is 1. The van der Waals surface area contributed by atoms with E-state index in [0.717, 1.165) is 30.2 Å². The second kappa shape index (κ2) is 2.85. The molecule has 0 amide bonds. The molecule has 1 fully saturated rings. The van der Waals surface area contributed by atoms with Crippen LogP contribution in [0.5, 0.6) is 0 Å². The zero-order chi connectivity index (χ0) is 10.6. The molecule has 3 nitrogen and oxygen atoms in total. The zero-order valence-corrected chi connectivity index (χ0v) is 9.42. The average Bonchev–Trinajstić information content (AvgIpc) is 2.86. The molecule has 0 radical (unpaired) electrons. The third kappa shape index (κ3) is 1.59. The van der Waals surface area contributed by atoms with Gasteiger partial charge >= 0.3 is 0 Å². The third-order valence-corrected chi connectivity index (χ3v) is 3.43. The lowest BCUT2D eigenvalue weighted by molar-refractivity contribution is 0.253. The fourth-order valence-corrected chi connectivity index (χ4v) is 2.50. The molecule has 1 heterocycles. The maximum Gasteiger partial charge on any atom is 0.197 e. The van der Waals surface area contributed by atoms with E-state index in [1.807, 2.05) is 0 Å². The molecule has 15 heavy (non-hydrogen) atoms. The standard InChI is InChI=1S/C12H18N2O/c1-12(2)5-8(13)10-9(6-12)15-11(14-10)7-3-4-7/h7-8H,3-6,13H2,1-2H3. The van der Waals surface area contributed by atoms with Gasteiger partial charge in [-0.25, -0.2) is 4.98 Å². The summed E-state index contributed by atoms with van der Waals surface area (Å²) in [6, 6.07) is 0.0694. The Morgan fingerprint density at radius 2 is 2.13 bits per heavy atom. The van der Waals surface area contributed by atoms with Gasteiger partial charge in [0, 0.05) is 12.3 Å². The fraction of sp³-hybridized carbons (Fsp3) is 0.750. The van der Waals surface area contributed by atoms with Crippen molar-refractivity contribution in [2.45, 2.75) is 51.5 Å². The molecule has 0 aromatic carbocycles. The van der Waals surface area contributed by atoms with Gasteiger partial charge in [0.1, 0.15) is 5.76 Å². The lowest BCUT2D eigenvalue weighted by Crippen LogP contribution is -2.29. The number of hydrogen-bond acceptors (Lipinski definition) is 3. The van der Waals surface area contributed by atoms with Gasteiger partial charge in [-0.05, 0) is 24.7 Å². The normalized spacial score (nSPS) is 28.9. The van der Waals surface area contributed by atoms with E-state index in [9.17, 15) is 0 Å². The highest BCUT2D eigenvalue weighted by atomic mass is 16.4. The Morgan fingerprint density at radius 1 is 1.40 bits per heavy atom. The van der Waals surface area contributed by atoms with Crippen LogP contribution in [0.3, 0.4) is 0 Å². The predicted molar refractivity (Wildman–Crippen MR) is 57.5 cm³/mol. The molecule has 0 bridgehead atoms. The van der Waals surface area contributed by atoms with E-state index < -0.39 is 0 Å². The summed E-state index contributed by atoms with van der Waals surface area (Å²) >= 11 is 0. The molecule has 82 valence electrons. The van der Waals surface area contributed by atoms with Gasteiger partial charge in [0.2, 0.25) is 0 Å². The first-order valence-electron chi connectivity index (χ1n) is 5.80. The molecule has 3 rings (SSSR count). The van der Waals surface area contributed by atoms with E-state index in [-0.39, 0.29) is 11.5 Å². The Labute approximate surface area is 90.1 Å². The minimum Gasteiger partial charge on any atom is -0.445 e. The van der Waals surface area contributed by atoms with Crippen molar-refractivity contribution in [3.63, 3.8) is 0 Å². The summed E-state index contributed by atoms with van der Waals surface area (Å²) in [5, 5.41) is 0. The maximum absolute atomic E-state index is 6.13. The monoisotopic (exact) mass is 206 g/mol. The first kappa shape index (κ1) is 9.40. The molecule has 2 aliphatic carbocycles. The van der Waals surface area contributed by atoms with Gasteiger partial charge in [-0.1, -0.05) is 13.8 Å². The minimum absolute atomic E-state index is 0.0694. The molecule has 2 aliphatic rings. The summed E-state index contributed by atoms with van der Waals surface area (Å²) in [6.07, 6.45) is 4.46. The minimum atomic E-state index is 0.0694. The highest BCUT2D eigenvalue weighted by Gasteiger charge is 2.37. The smallest absolute Gasteiger partial charge is 0.197 e. The molecule has 1 aromatic rings. The number of nitrogens with zero attached hydrogens (tertiary/aromatic N) is 1. The first-order chi connectivity index (χ1) is 7.05. The van der Waals surface area contributed by atoms with Crippen LogP contribution in [0, 0.1) is 5.41 Å². The van der Waals surface area contributed by atoms with E-state index in [0.29, 0.717) is 5.92 Å². The van der Waals surface area contributed by atoms with E-state index >= 15 is 0 Å². The lowest BCUT2D eigenvalue weighted by atomic mass is 9.76. The van der Waals surface area contributed by atoms with Gasteiger partial charge in [-0.15, -0.1) is 0 Å². The Kier molecular flexibility index (Phi) is 1.78. The molecule has 0 spiro atoms. The molecule has 1 aromatic heterocycles. The van der Waals surface area contributed by atoms with Crippen LogP contribution in [0.2, 0.25) is 0 Å². The Hall–Kier alpha value is -0.830. The SMILES string of the molecule is CC1(C)Cc2oc(C3CC3)nc2C(N)C1. The van der Waals surface area contributed by atoms with Crippen molar-refractivity contribution >= 4 is 0 Å². The second-order valence-corrected chi connectivity index (χ2v) is 5.79. The fourth-order valence-electron chi connectivity index (χ4n) is 2.50. The molecule has 1 saturated carbocycles. The van der Waals surface area contributed by atoms with Crippen molar-refractivity contribution in [2.24, 2.45) is 11.1 Å². The summed E-state index contributed by atoms with van der Waals surface area (Å²) in [7, 11) is 0. The van der Waals surface area contributed by atoms with Gasteiger partial charge in [0.05, 0.1) is 11.7 Å². The quantitative estimate of drug-likeness (QED) is 0.768. The van der Waals surface area contributed by atoms with Crippen molar-refractivity contribution in [3.8, 4) is 0 Å². The molecule has 1 atom stereocenters. The summed E-state index contributed by atoms with van der Waals surface area (Å²) in [4.78, 5) is 4.57. The number of fused-ring (bicyclic) bond motifs is 1. The van der Waals surface area contributed by atoms with Gasteiger partial charge in [-0.3, -0.25) is 0 Å². The molecule has 2 N–H and O–H groups in total. The van der Waals surface area contributed by atoms with Crippen LogP contribution in [-0.2, 0) is 6.42 Å². The van der Waals surface area contributed by atoms with Crippen LogP contribution in [0.4, 0.5) is 0 Å². The average molecular weight is 206 g/mol. The van der Waals surface area contributed by atoms with Crippen molar-refractivity contribution < 1.29 is 4.42 Å². The van der Waals surface area contributed by atoms with E-state index in [1.165, 1.54) is 12.8 Å². The number of aromatic nitrogens is 1. The first-order valence-corrected chi connectivity index (χ1v) is 5.80. The summed E-state index contributed by atoms with van der Waals surface area (Å²) in [5.41, 5.74) is 7.41. The topological polar surface area (TPSA) is 52.0 Å². The predicted octanol–water partition coefficient (Wildman–Crippen LogP) is 2.52. The highest BCUT2D eigenvalue weighted by Crippen LogP contribution is 2.44. The number of rotatable bonds is 1.